The van der Waals surface area contributed by atoms with Crippen LogP contribution in [0.4, 0.5) is 0 Å². The van der Waals surface area contributed by atoms with Gasteiger partial charge < -0.3 is 18.9 Å². The number of ether oxygens (including phenoxy) is 4. The first-order valence-electron chi connectivity index (χ1n) is 7.67. The van der Waals surface area contributed by atoms with Gasteiger partial charge in [-0.2, -0.15) is 0 Å². The Hall–Kier alpha value is -1.36. The Labute approximate surface area is 133 Å². The van der Waals surface area contributed by atoms with E-state index >= 15 is 0 Å². The van der Waals surface area contributed by atoms with E-state index < -0.39 is 5.79 Å². The molecule has 0 spiro atoms. The second-order valence-electron chi connectivity index (χ2n) is 6.01. The van der Waals surface area contributed by atoms with Gasteiger partial charge in [0.1, 0.15) is 5.75 Å². The first kappa shape index (κ1) is 17.0. The summed E-state index contributed by atoms with van der Waals surface area (Å²) < 4.78 is 22.7. The summed E-state index contributed by atoms with van der Waals surface area (Å²) in [5, 5.41) is 0. The van der Waals surface area contributed by atoms with E-state index in [1.807, 2.05) is 44.2 Å². The highest BCUT2D eigenvalue weighted by Gasteiger charge is 2.35. The van der Waals surface area contributed by atoms with Crippen LogP contribution in [-0.4, -0.2) is 32.2 Å². The normalized spacial score (nSPS) is 24.0. The number of hydrogen-bond acceptors (Lipinski definition) is 4. The Morgan fingerprint density at radius 2 is 2.05 bits per heavy atom. The number of rotatable bonds is 7. The average Bonchev–Trinajstić information content (AvgIpc) is 2.50. The van der Waals surface area contributed by atoms with Crippen LogP contribution in [0.5, 0.6) is 5.75 Å². The molecule has 122 valence electrons. The van der Waals surface area contributed by atoms with Crippen molar-refractivity contribution in [1.29, 1.82) is 0 Å². The summed E-state index contributed by atoms with van der Waals surface area (Å²) in [6.07, 6.45) is 2.79. The quantitative estimate of drug-likeness (QED) is 0.722. The van der Waals surface area contributed by atoms with Gasteiger partial charge in [-0.3, -0.25) is 0 Å². The molecule has 1 aliphatic rings. The Morgan fingerprint density at radius 1 is 1.32 bits per heavy atom. The lowest BCUT2D eigenvalue weighted by Crippen LogP contribution is -2.46. The number of methoxy groups -OCH3 is 1. The van der Waals surface area contributed by atoms with Crippen LogP contribution < -0.4 is 4.74 Å². The maximum atomic E-state index is 5.97. The molecule has 0 unspecified atom stereocenters. The molecular weight excluding hydrogens is 280 g/mol. The fourth-order valence-electron chi connectivity index (χ4n) is 2.52. The van der Waals surface area contributed by atoms with Crippen LogP contribution in [0, 0.1) is 5.92 Å². The standard InChI is InChI=1S/C18H26O4/c1-5-6-17-15(13-21-18(2,3)22-17)12-20-11-14-7-9-16(19-4)10-8-14/h5,7-10,15,17H,1,6,11-13H2,2-4H3/t15-,17-/m1/s1. The van der Waals surface area contributed by atoms with E-state index in [1.54, 1.807) is 7.11 Å². The molecule has 4 nitrogen and oxygen atoms in total. The van der Waals surface area contributed by atoms with Gasteiger partial charge >= 0.3 is 0 Å². The molecule has 0 aliphatic carbocycles. The van der Waals surface area contributed by atoms with Crippen LogP contribution in [0.15, 0.2) is 36.9 Å². The molecule has 0 N–H and O–H groups in total. The molecule has 2 atom stereocenters. The van der Waals surface area contributed by atoms with Crippen LogP contribution in [0.25, 0.3) is 0 Å². The van der Waals surface area contributed by atoms with Crippen LogP contribution in [-0.2, 0) is 20.8 Å². The lowest BCUT2D eigenvalue weighted by molar-refractivity contribution is -0.296. The highest BCUT2D eigenvalue weighted by atomic mass is 16.7. The van der Waals surface area contributed by atoms with Crippen molar-refractivity contribution in [1.82, 2.24) is 0 Å². The van der Waals surface area contributed by atoms with Crippen LogP contribution >= 0.6 is 0 Å². The van der Waals surface area contributed by atoms with Crippen molar-refractivity contribution in [3.05, 3.63) is 42.5 Å². The zero-order valence-electron chi connectivity index (χ0n) is 13.7. The lowest BCUT2D eigenvalue weighted by atomic mass is 9.99. The average molecular weight is 306 g/mol. The largest absolute Gasteiger partial charge is 0.497 e. The summed E-state index contributed by atoms with van der Waals surface area (Å²) in [7, 11) is 1.66. The molecule has 0 radical (unpaired) electrons. The maximum Gasteiger partial charge on any atom is 0.163 e. The molecule has 1 heterocycles. The van der Waals surface area contributed by atoms with Crippen molar-refractivity contribution in [3.8, 4) is 5.75 Å². The minimum absolute atomic E-state index is 0.0946. The van der Waals surface area contributed by atoms with Gasteiger partial charge in [0.2, 0.25) is 0 Å². The minimum atomic E-state index is -0.528. The van der Waals surface area contributed by atoms with Gasteiger partial charge in [-0.05, 0) is 38.0 Å². The van der Waals surface area contributed by atoms with Crippen molar-refractivity contribution >= 4 is 0 Å². The van der Waals surface area contributed by atoms with Crippen molar-refractivity contribution in [2.75, 3.05) is 20.3 Å². The van der Waals surface area contributed by atoms with Crippen LogP contribution in [0.1, 0.15) is 25.8 Å². The SMILES string of the molecule is C=CC[C@H]1OC(C)(C)OC[C@H]1COCc1ccc(OC)cc1. The fourth-order valence-corrected chi connectivity index (χ4v) is 2.52. The van der Waals surface area contributed by atoms with E-state index in [2.05, 4.69) is 6.58 Å². The van der Waals surface area contributed by atoms with E-state index in [0.717, 1.165) is 17.7 Å². The topological polar surface area (TPSA) is 36.9 Å². The predicted octanol–water partition coefficient (Wildman–Crippen LogP) is 3.56. The summed E-state index contributed by atoms with van der Waals surface area (Å²) in [5.74, 6) is 0.551. The Balaban J connectivity index is 1.82. The van der Waals surface area contributed by atoms with Crippen LogP contribution in [0.2, 0.25) is 0 Å². The lowest BCUT2D eigenvalue weighted by Gasteiger charge is -2.40. The molecular formula is C18H26O4. The third kappa shape index (κ3) is 4.83. The molecule has 4 heteroatoms. The molecule has 0 saturated carbocycles. The Morgan fingerprint density at radius 3 is 2.68 bits per heavy atom. The predicted molar refractivity (Wildman–Crippen MR) is 85.9 cm³/mol. The van der Waals surface area contributed by atoms with Crippen molar-refractivity contribution < 1.29 is 18.9 Å². The van der Waals surface area contributed by atoms with Gasteiger partial charge in [-0.1, -0.05) is 18.2 Å². The molecule has 0 bridgehead atoms. The van der Waals surface area contributed by atoms with Crippen molar-refractivity contribution in [2.45, 2.75) is 38.8 Å². The molecule has 1 aromatic rings. The van der Waals surface area contributed by atoms with Gasteiger partial charge in [0.15, 0.2) is 5.79 Å². The van der Waals surface area contributed by atoms with E-state index in [1.165, 1.54) is 0 Å². The van der Waals surface area contributed by atoms with Crippen molar-refractivity contribution in [3.63, 3.8) is 0 Å². The smallest absolute Gasteiger partial charge is 0.163 e. The molecule has 1 aromatic carbocycles. The Bertz CT molecular complexity index is 466. The first-order valence-corrected chi connectivity index (χ1v) is 7.67. The monoisotopic (exact) mass is 306 g/mol. The van der Waals surface area contributed by atoms with E-state index in [0.29, 0.717) is 19.8 Å². The minimum Gasteiger partial charge on any atom is -0.497 e. The van der Waals surface area contributed by atoms with Gasteiger partial charge in [0.25, 0.3) is 0 Å². The summed E-state index contributed by atoms with van der Waals surface area (Å²) in [4.78, 5) is 0. The maximum absolute atomic E-state index is 5.97. The fraction of sp³-hybridized carbons (Fsp3) is 0.556. The third-order valence-corrected chi connectivity index (χ3v) is 3.76. The molecule has 1 aliphatic heterocycles. The van der Waals surface area contributed by atoms with Crippen molar-refractivity contribution in [2.24, 2.45) is 5.92 Å². The summed E-state index contributed by atoms with van der Waals surface area (Å²) in [5.41, 5.74) is 1.12. The molecule has 0 amide bonds. The van der Waals surface area contributed by atoms with E-state index in [4.69, 9.17) is 18.9 Å². The first-order chi connectivity index (χ1) is 10.5. The highest BCUT2D eigenvalue weighted by Crippen LogP contribution is 2.28. The number of benzene rings is 1. The molecule has 1 fully saturated rings. The zero-order valence-corrected chi connectivity index (χ0v) is 13.7. The summed E-state index contributed by atoms with van der Waals surface area (Å²) in [6, 6.07) is 7.90. The summed E-state index contributed by atoms with van der Waals surface area (Å²) >= 11 is 0. The molecule has 2 rings (SSSR count). The Kier molecular flexibility index (Phi) is 6.00. The van der Waals surface area contributed by atoms with E-state index in [-0.39, 0.29) is 12.0 Å². The van der Waals surface area contributed by atoms with Crippen LogP contribution in [0.3, 0.4) is 0 Å². The molecule has 0 aromatic heterocycles. The second-order valence-corrected chi connectivity index (χ2v) is 6.01. The van der Waals surface area contributed by atoms with Gasteiger partial charge in [-0.15, -0.1) is 6.58 Å². The van der Waals surface area contributed by atoms with Gasteiger partial charge in [0, 0.05) is 5.92 Å². The third-order valence-electron chi connectivity index (χ3n) is 3.76. The zero-order chi connectivity index (χ0) is 16.0. The molecule has 1 saturated heterocycles. The molecule has 22 heavy (non-hydrogen) atoms. The van der Waals surface area contributed by atoms with Gasteiger partial charge in [-0.25, -0.2) is 0 Å². The second kappa shape index (κ2) is 7.77. The van der Waals surface area contributed by atoms with E-state index in [9.17, 15) is 0 Å². The number of hydrogen-bond donors (Lipinski definition) is 0. The van der Waals surface area contributed by atoms with Gasteiger partial charge in [0.05, 0.1) is 33.0 Å². The highest BCUT2D eigenvalue weighted by molar-refractivity contribution is 5.26. The summed E-state index contributed by atoms with van der Waals surface area (Å²) in [6.45, 7) is 9.52.